The van der Waals surface area contributed by atoms with Crippen molar-refractivity contribution < 1.29 is 37.2 Å². The third kappa shape index (κ3) is 6.01. The summed E-state index contributed by atoms with van der Waals surface area (Å²) >= 11 is 0. The van der Waals surface area contributed by atoms with E-state index in [-0.39, 0.29) is 23.7 Å². The highest BCUT2D eigenvalue weighted by molar-refractivity contribution is 6.63. The average Bonchev–Trinajstić information content (AvgIpc) is 3.74. The van der Waals surface area contributed by atoms with Crippen molar-refractivity contribution in [3.8, 4) is 0 Å². The highest BCUT2D eigenvalue weighted by Crippen LogP contribution is 2.64. The van der Waals surface area contributed by atoms with E-state index in [2.05, 4.69) is 184 Å². The molecule has 4 bridgehead atoms. The summed E-state index contributed by atoms with van der Waals surface area (Å²) in [5.74, 6) is -0.200. The standard InChI is InChI=1S/C52H64B4O8/c1-45(2)46(3,4)58-53(57-45)29-17-21-33-37(25-29)41-34-22-18-30(54-59-47(5,6)48(7,8)60-54)26-38(34)42(33)44-36-24-20-31(55-61-49(9,10)50(11,12)62-55)27-39(36)43(41)35-23-19-32(28-40(35)44)56-63-51(13,14)52(15,16)64-56/h17-28,41-44H,1-16H3/t41-,42-,43+,44+. The molecule has 0 saturated carbocycles. The van der Waals surface area contributed by atoms with Crippen LogP contribution in [0, 0.1) is 0 Å². The van der Waals surface area contributed by atoms with E-state index in [0.29, 0.717) is 0 Å². The Morgan fingerprint density at radius 2 is 0.406 bits per heavy atom. The minimum absolute atomic E-state index is 0.0500. The van der Waals surface area contributed by atoms with Crippen molar-refractivity contribution >= 4 is 50.3 Å². The van der Waals surface area contributed by atoms with Crippen molar-refractivity contribution in [2.45, 2.75) is 179 Å². The van der Waals surface area contributed by atoms with Gasteiger partial charge in [0.15, 0.2) is 0 Å². The monoisotopic (exact) mass is 860 g/mol. The first-order chi connectivity index (χ1) is 29.6. The second kappa shape index (κ2) is 13.3. The van der Waals surface area contributed by atoms with Gasteiger partial charge in [-0.3, -0.25) is 0 Å². The molecule has 64 heavy (non-hydrogen) atoms. The van der Waals surface area contributed by atoms with Crippen LogP contribution in [0.2, 0.25) is 0 Å². The van der Waals surface area contributed by atoms with Crippen LogP contribution in [0.3, 0.4) is 0 Å². The van der Waals surface area contributed by atoms with Crippen LogP contribution in [-0.2, 0) is 37.2 Å². The maximum absolute atomic E-state index is 6.72. The van der Waals surface area contributed by atoms with Gasteiger partial charge in [0.2, 0.25) is 0 Å². The van der Waals surface area contributed by atoms with E-state index in [1.54, 1.807) is 0 Å². The molecular weight excluding hydrogens is 796 g/mol. The van der Waals surface area contributed by atoms with Crippen LogP contribution < -0.4 is 21.9 Å². The fourth-order valence-electron chi connectivity index (χ4n) is 11.2. The first kappa shape index (κ1) is 43.4. The Bertz CT molecular complexity index is 2210. The molecule has 10 aliphatic rings. The molecule has 6 aliphatic carbocycles. The topological polar surface area (TPSA) is 73.8 Å². The second-order valence-corrected chi connectivity index (χ2v) is 23.8. The number of rotatable bonds is 4. The SMILES string of the molecule is CC1(C)OB(c2ccc3c(c2)[C@H]2c4ccc(B5OC(C)(C)C(C)(C)O5)cc4[C@@H]3[C@H]3c4ccc(B5OC(C)(C)C(C)(C)O5)cc4[C@@H]2c2ccc(B4OC(C)(C)C(C)(C)O4)cc23)OC1(C)C. The Hall–Kier alpha value is -3.18. The van der Waals surface area contributed by atoms with Crippen molar-refractivity contribution in [3.05, 3.63) is 117 Å². The summed E-state index contributed by atoms with van der Waals surface area (Å²) in [4.78, 5) is 0. The maximum Gasteiger partial charge on any atom is 0.494 e. The molecule has 12 heteroatoms. The summed E-state index contributed by atoms with van der Waals surface area (Å²) in [6.07, 6.45) is 0. The van der Waals surface area contributed by atoms with E-state index in [9.17, 15) is 0 Å². The Morgan fingerprint density at radius 1 is 0.250 bits per heavy atom. The van der Waals surface area contributed by atoms with Crippen molar-refractivity contribution in [1.29, 1.82) is 0 Å². The Kier molecular flexibility index (Phi) is 9.01. The molecule has 4 fully saturated rings. The Balaban J connectivity index is 1.13. The van der Waals surface area contributed by atoms with Crippen LogP contribution in [0.1, 0.15) is 179 Å². The van der Waals surface area contributed by atoms with Crippen LogP contribution in [0.5, 0.6) is 0 Å². The van der Waals surface area contributed by atoms with Gasteiger partial charge in [-0.15, -0.1) is 0 Å². The van der Waals surface area contributed by atoms with Gasteiger partial charge in [0, 0.05) is 23.7 Å². The van der Waals surface area contributed by atoms with Crippen LogP contribution in [-0.4, -0.2) is 73.3 Å². The van der Waals surface area contributed by atoms with E-state index >= 15 is 0 Å². The first-order valence-electron chi connectivity index (χ1n) is 23.6. The van der Waals surface area contributed by atoms with Crippen LogP contribution >= 0.6 is 0 Å². The highest BCUT2D eigenvalue weighted by Gasteiger charge is 2.58. The molecule has 0 unspecified atom stereocenters. The molecule has 0 amide bonds. The van der Waals surface area contributed by atoms with Gasteiger partial charge in [0.05, 0.1) is 44.8 Å². The molecule has 4 atom stereocenters. The van der Waals surface area contributed by atoms with Crippen molar-refractivity contribution in [2.24, 2.45) is 0 Å². The third-order valence-corrected chi connectivity index (χ3v) is 17.9. The van der Waals surface area contributed by atoms with Crippen molar-refractivity contribution in [3.63, 3.8) is 0 Å². The highest BCUT2D eigenvalue weighted by atomic mass is 16.7. The van der Waals surface area contributed by atoms with Gasteiger partial charge in [0.1, 0.15) is 0 Å². The van der Waals surface area contributed by atoms with Crippen molar-refractivity contribution in [1.82, 2.24) is 0 Å². The first-order valence-corrected chi connectivity index (χ1v) is 23.6. The zero-order valence-electron chi connectivity index (χ0n) is 40.8. The normalized spacial score (nSPS) is 29.6. The lowest BCUT2D eigenvalue weighted by atomic mass is 9.51. The lowest BCUT2D eigenvalue weighted by Gasteiger charge is -2.50. The molecular formula is C52H64B4O8. The van der Waals surface area contributed by atoms with Gasteiger partial charge in [-0.05, 0) is 177 Å². The molecule has 8 nitrogen and oxygen atoms in total. The summed E-state index contributed by atoms with van der Waals surface area (Å²) in [6, 6.07) is 28.1. The molecule has 4 aliphatic heterocycles. The molecule has 4 heterocycles. The van der Waals surface area contributed by atoms with Gasteiger partial charge in [-0.2, -0.15) is 0 Å². The molecule has 4 aromatic carbocycles. The van der Waals surface area contributed by atoms with Gasteiger partial charge >= 0.3 is 28.5 Å². The average molecular weight is 860 g/mol. The summed E-state index contributed by atoms with van der Waals surface area (Å²) in [5.41, 5.74) is 11.0. The molecule has 4 saturated heterocycles. The zero-order valence-corrected chi connectivity index (χ0v) is 40.8. The molecule has 0 radical (unpaired) electrons. The summed E-state index contributed by atoms with van der Waals surface area (Å²) in [7, 11) is -1.95. The van der Waals surface area contributed by atoms with Crippen LogP contribution in [0.4, 0.5) is 0 Å². The number of hydrogen-bond acceptors (Lipinski definition) is 8. The van der Waals surface area contributed by atoms with Gasteiger partial charge in [-0.25, -0.2) is 0 Å². The summed E-state index contributed by atoms with van der Waals surface area (Å²) in [5, 5.41) is 0. The Labute approximate surface area is 382 Å². The van der Waals surface area contributed by atoms with Crippen LogP contribution in [0.15, 0.2) is 72.8 Å². The number of benzene rings is 4. The fourth-order valence-corrected chi connectivity index (χ4v) is 11.2. The summed E-state index contributed by atoms with van der Waals surface area (Å²) in [6.45, 7) is 34.0. The minimum atomic E-state index is -0.487. The van der Waals surface area contributed by atoms with Crippen molar-refractivity contribution in [2.75, 3.05) is 0 Å². The molecule has 332 valence electrons. The predicted molar refractivity (Wildman–Crippen MR) is 256 cm³/mol. The molecule has 0 spiro atoms. The lowest BCUT2D eigenvalue weighted by molar-refractivity contribution is 0.00578. The lowest BCUT2D eigenvalue weighted by Crippen LogP contribution is -2.42. The number of hydrogen-bond donors (Lipinski definition) is 0. The minimum Gasteiger partial charge on any atom is -0.399 e. The molecule has 0 aromatic heterocycles. The van der Waals surface area contributed by atoms with E-state index < -0.39 is 73.3 Å². The molecule has 4 aromatic rings. The van der Waals surface area contributed by atoms with Gasteiger partial charge < -0.3 is 37.2 Å². The van der Waals surface area contributed by atoms with Gasteiger partial charge in [-0.1, -0.05) is 72.8 Å². The predicted octanol–water partition coefficient (Wildman–Crippen LogP) is 7.75. The smallest absolute Gasteiger partial charge is 0.399 e. The van der Waals surface area contributed by atoms with Gasteiger partial charge in [0.25, 0.3) is 0 Å². The van der Waals surface area contributed by atoms with E-state index in [0.717, 1.165) is 21.9 Å². The summed E-state index contributed by atoms with van der Waals surface area (Å²) < 4.78 is 53.8. The zero-order chi connectivity index (χ0) is 45.7. The fraction of sp³-hybridized carbons (Fsp3) is 0.538. The maximum atomic E-state index is 6.72. The van der Waals surface area contributed by atoms with E-state index in [4.69, 9.17) is 37.2 Å². The second-order valence-electron chi connectivity index (χ2n) is 23.8. The van der Waals surface area contributed by atoms with E-state index in [1.807, 2.05) is 0 Å². The van der Waals surface area contributed by atoms with E-state index in [1.165, 1.54) is 44.5 Å². The molecule has 0 N–H and O–H groups in total. The third-order valence-electron chi connectivity index (χ3n) is 17.9. The molecule has 14 rings (SSSR count). The Morgan fingerprint density at radius 3 is 0.562 bits per heavy atom. The largest absolute Gasteiger partial charge is 0.494 e. The quantitative estimate of drug-likeness (QED) is 0.193. The van der Waals surface area contributed by atoms with Crippen LogP contribution in [0.25, 0.3) is 0 Å².